The molecule has 2 rings (SSSR count). The van der Waals surface area contributed by atoms with Crippen LogP contribution in [0.4, 0.5) is 0 Å². The smallest absolute Gasteiger partial charge is 0.0205 e. The molecule has 0 aliphatic heterocycles. The summed E-state index contributed by atoms with van der Waals surface area (Å²) in [6.45, 7) is 4.42. The minimum atomic E-state index is 0.881. The van der Waals surface area contributed by atoms with Crippen molar-refractivity contribution in [3.8, 4) is 0 Å². The quantitative estimate of drug-likeness (QED) is 0.684. The highest BCUT2D eigenvalue weighted by atomic mass is 14.8. The first-order valence-electron chi connectivity index (χ1n) is 6.69. The molecule has 1 N–H and O–H groups in total. The Labute approximate surface area is 99.3 Å². The number of nitrogens with one attached hydrogen (secondary N) is 1. The molecule has 1 aliphatic carbocycles. The summed E-state index contributed by atoms with van der Waals surface area (Å²) in [5.74, 6) is 0.881. The van der Waals surface area contributed by atoms with Crippen molar-refractivity contribution >= 4 is 0 Å². The summed E-state index contributed by atoms with van der Waals surface area (Å²) in [7, 11) is 0. The maximum absolute atomic E-state index is 3.50. The van der Waals surface area contributed by atoms with Crippen LogP contribution in [-0.2, 0) is 6.54 Å². The van der Waals surface area contributed by atoms with Crippen LogP contribution in [0, 0.1) is 0 Å². The molecule has 1 nitrogen and oxygen atoms in total. The SMILES string of the molecule is CCCCCNCc1ccc(C2CC2)cc1. The molecule has 88 valence electrons. The molecule has 1 heteroatoms. The fourth-order valence-corrected chi connectivity index (χ4v) is 2.06. The van der Waals surface area contributed by atoms with Crippen LogP contribution in [-0.4, -0.2) is 6.54 Å². The Morgan fingerprint density at radius 2 is 1.88 bits per heavy atom. The molecule has 1 aliphatic rings. The number of benzene rings is 1. The lowest BCUT2D eigenvalue weighted by Gasteiger charge is -2.05. The molecule has 16 heavy (non-hydrogen) atoms. The third kappa shape index (κ3) is 3.64. The van der Waals surface area contributed by atoms with Gasteiger partial charge in [-0.25, -0.2) is 0 Å². The lowest BCUT2D eigenvalue weighted by Crippen LogP contribution is -2.14. The van der Waals surface area contributed by atoms with Crippen molar-refractivity contribution in [2.75, 3.05) is 6.54 Å². The molecular weight excluding hydrogens is 194 g/mol. The minimum absolute atomic E-state index is 0.881. The first kappa shape index (κ1) is 11.7. The predicted octanol–water partition coefficient (Wildman–Crippen LogP) is 3.84. The molecule has 0 spiro atoms. The topological polar surface area (TPSA) is 12.0 Å². The van der Waals surface area contributed by atoms with Gasteiger partial charge in [0.2, 0.25) is 0 Å². The molecule has 0 heterocycles. The number of hydrogen-bond donors (Lipinski definition) is 1. The fourth-order valence-electron chi connectivity index (χ4n) is 2.06. The molecule has 1 saturated carbocycles. The van der Waals surface area contributed by atoms with Gasteiger partial charge in [0.05, 0.1) is 0 Å². The van der Waals surface area contributed by atoms with Crippen molar-refractivity contribution in [1.82, 2.24) is 5.32 Å². The fraction of sp³-hybridized carbons (Fsp3) is 0.600. The zero-order chi connectivity index (χ0) is 11.2. The highest BCUT2D eigenvalue weighted by Crippen LogP contribution is 2.39. The first-order chi connectivity index (χ1) is 7.90. The highest BCUT2D eigenvalue weighted by Gasteiger charge is 2.22. The van der Waals surface area contributed by atoms with Crippen LogP contribution in [0.2, 0.25) is 0 Å². The van der Waals surface area contributed by atoms with Gasteiger partial charge in [0.25, 0.3) is 0 Å². The molecule has 0 amide bonds. The molecule has 1 aromatic carbocycles. The molecule has 0 saturated heterocycles. The Hall–Kier alpha value is -0.820. The highest BCUT2D eigenvalue weighted by molar-refractivity contribution is 5.27. The van der Waals surface area contributed by atoms with Crippen molar-refractivity contribution in [3.63, 3.8) is 0 Å². The Morgan fingerprint density at radius 3 is 2.50 bits per heavy atom. The van der Waals surface area contributed by atoms with E-state index in [0.717, 1.165) is 19.0 Å². The van der Waals surface area contributed by atoms with Crippen LogP contribution in [0.5, 0.6) is 0 Å². The van der Waals surface area contributed by atoms with E-state index in [4.69, 9.17) is 0 Å². The van der Waals surface area contributed by atoms with Crippen LogP contribution >= 0.6 is 0 Å². The van der Waals surface area contributed by atoms with Crippen LogP contribution in [0.1, 0.15) is 56.1 Å². The van der Waals surface area contributed by atoms with Gasteiger partial charge in [-0.05, 0) is 42.9 Å². The van der Waals surface area contributed by atoms with E-state index in [9.17, 15) is 0 Å². The Balaban J connectivity index is 1.68. The second kappa shape index (κ2) is 6.05. The zero-order valence-electron chi connectivity index (χ0n) is 10.3. The largest absolute Gasteiger partial charge is 0.313 e. The molecule has 1 aromatic rings. The van der Waals surface area contributed by atoms with E-state index in [0.29, 0.717) is 0 Å². The number of rotatable bonds is 7. The predicted molar refractivity (Wildman–Crippen MR) is 69.6 cm³/mol. The Kier molecular flexibility index (Phi) is 4.41. The summed E-state index contributed by atoms with van der Waals surface area (Å²) in [5, 5.41) is 3.50. The van der Waals surface area contributed by atoms with Crippen molar-refractivity contribution in [1.29, 1.82) is 0 Å². The van der Waals surface area contributed by atoms with E-state index in [1.807, 2.05) is 0 Å². The number of unbranched alkanes of at least 4 members (excludes halogenated alkanes) is 2. The van der Waals surface area contributed by atoms with Gasteiger partial charge >= 0.3 is 0 Å². The molecule has 0 atom stereocenters. The van der Waals surface area contributed by atoms with Crippen LogP contribution < -0.4 is 5.32 Å². The van der Waals surface area contributed by atoms with E-state index >= 15 is 0 Å². The number of hydrogen-bond acceptors (Lipinski definition) is 1. The lowest BCUT2D eigenvalue weighted by molar-refractivity contribution is 0.617. The summed E-state index contributed by atoms with van der Waals surface area (Å²) >= 11 is 0. The molecular formula is C15H23N. The van der Waals surface area contributed by atoms with E-state index < -0.39 is 0 Å². The summed E-state index contributed by atoms with van der Waals surface area (Å²) in [4.78, 5) is 0. The third-order valence-electron chi connectivity index (χ3n) is 3.31. The van der Waals surface area contributed by atoms with E-state index in [1.54, 1.807) is 0 Å². The average molecular weight is 217 g/mol. The minimum Gasteiger partial charge on any atom is -0.313 e. The molecule has 1 fully saturated rings. The van der Waals surface area contributed by atoms with Crippen molar-refractivity contribution in [2.24, 2.45) is 0 Å². The summed E-state index contributed by atoms with van der Waals surface area (Å²) < 4.78 is 0. The van der Waals surface area contributed by atoms with Gasteiger partial charge in [-0.1, -0.05) is 44.0 Å². The van der Waals surface area contributed by atoms with E-state index in [1.165, 1.54) is 43.2 Å². The maximum atomic E-state index is 3.50. The van der Waals surface area contributed by atoms with Gasteiger partial charge in [-0.2, -0.15) is 0 Å². The van der Waals surface area contributed by atoms with Gasteiger partial charge in [-0.3, -0.25) is 0 Å². The summed E-state index contributed by atoms with van der Waals surface area (Å²) in [6, 6.07) is 9.17. The molecule has 0 aromatic heterocycles. The van der Waals surface area contributed by atoms with Crippen LogP contribution in [0.3, 0.4) is 0 Å². The second-order valence-corrected chi connectivity index (χ2v) is 4.90. The maximum Gasteiger partial charge on any atom is 0.0205 e. The molecule has 0 bridgehead atoms. The van der Waals surface area contributed by atoms with Crippen LogP contribution in [0.15, 0.2) is 24.3 Å². The van der Waals surface area contributed by atoms with Crippen molar-refractivity contribution in [2.45, 2.75) is 51.5 Å². The van der Waals surface area contributed by atoms with Gasteiger partial charge < -0.3 is 5.32 Å². The van der Waals surface area contributed by atoms with Gasteiger partial charge in [0.1, 0.15) is 0 Å². The van der Waals surface area contributed by atoms with E-state index in [-0.39, 0.29) is 0 Å². The Bertz CT molecular complexity index is 298. The van der Waals surface area contributed by atoms with Gasteiger partial charge in [0, 0.05) is 6.54 Å². The summed E-state index contributed by atoms with van der Waals surface area (Å²) in [5.41, 5.74) is 2.95. The second-order valence-electron chi connectivity index (χ2n) is 4.90. The zero-order valence-corrected chi connectivity index (χ0v) is 10.3. The molecule has 0 unspecified atom stereocenters. The van der Waals surface area contributed by atoms with E-state index in [2.05, 4.69) is 36.5 Å². The van der Waals surface area contributed by atoms with Crippen molar-refractivity contribution in [3.05, 3.63) is 35.4 Å². The molecule has 0 radical (unpaired) electrons. The summed E-state index contributed by atoms with van der Waals surface area (Å²) in [6.07, 6.45) is 6.74. The Morgan fingerprint density at radius 1 is 1.12 bits per heavy atom. The monoisotopic (exact) mass is 217 g/mol. The van der Waals surface area contributed by atoms with Gasteiger partial charge in [0.15, 0.2) is 0 Å². The van der Waals surface area contributed by atoms with Crippen molar-refractivity contribution < 1.29 is 0 Å². The first-order valence-corrected chi connectivity index (χ1v) is 6.69. The van der Waals surface area contributed by atoms with Gasteiger partial charge in [-0.15, -0.1) is 0 Å². The lowest BCUT2D eigenvalue weighted by atomic mass is 10.1. The normalized spacial score (nSPS) is 15.3. The van der Waals surface area contributed by atoms with Crippen LogP contribution in [0.25, 0.3) is 0 Å². The third-order valence-corrected chi connectivity index (χ3v) is 3.31. The average Bonchev–Trinajstić information content (AvgIpc) is 3.14. The standard InChI is InChI=1S/C15H23N/c1-2-3-4-11-16-12-13-5-7-14(8-6-13)15-9-10-15/h5-8,15-16H,2-4,9-12H2,1H3.